The van der Waals surface area contributed by atoms with Crippen LogP contribution in [0.25, 0.3) is 11.2 Å². The van der Waals surface area contributed by atoms with E-state index in [0.29, 0.717) is 23.0 Å². The first-order chi connectivity index (χ1) is 8.16. The van der Waals surface area contributed by atoms with E-state index >= 15 is 0 Å². The van der Waals surface area contributed by atoms with Crippen LogP contribution in [-0.2, 0) is 6.42 Å². The molecule has 0 aliphatic heterocycles. The van der Waals surface area contributed by atoms with E-state index in [4.69, 9.17) is 5.73 Å². The predicted octanol–water partition coefficient (Wildman–Crippen LogP) is 0.866. The molecule has 0 spiro atoms. The Morgan fingerprint density at radius 3 is 3.00 bits per heavy atom. The number of aromatic nitrogens is 4. The van der Waals surface area contributed by atoms with Gasteiger partial charge < -0.3 is 16.0 Å². The van der Waals surface area contributed by atoms with Crippen molar-refractivity contribution in [2.24, 2.45) is 0 Å². The molecule has 92 valence electrons. The number of nitrogens with zero attached hydrogens (tertiary/aromatic N) is 3. The van der Waals surface area contributed by atoms with Crippen molar-refractivity contribution >= 4 is 17.0 Å². The lowest BCUT2D eigenvalue weighted by Crippen LogP contribution is -2.24. The van der Waals surface area contributed by atoms with Gasteiger partial charge in [-0.1, -0.05) is 13.8 Å². The van der Waals surface area contributed by atoms with Gasteiger partial charge in [0, 0.05) is 12.5 Å². The molecule has 0 saturated carbocycles. The minimum Gasteiger partial charge on any atom is -0.382 e. The molecule has 0 unspecified atom stereocenters. The molecule has 2 heterocycles. The Kier molecular flexibility index (Phi) is 3.53. The van der Waals surface area contributed by atoms with E-state index in [1.165, 1.54) is 0 Å². The number of imidazole rings is 1. The summed E-state index contributed by atoms with van der Waals surface area (Å²) >= 11 is 0. The molecule has 2 aromatic heterocycles. The van der Waals surface area contributed by atoms with Gasteiger partial charge >= 0.3 is 0 Å². The van der Waals surface area contributed by atoms with Crippen molar-refractivity contribution in [1.29, 1.82) is 0 Å². The van der Waals surface area contributed by atoms with Crippen molar-refractivity contribution < 1.29 is 0 Å². The Labute approximate surface area is 100 Å². The molecule has 0 aliphatic rings. The number of H-pyrrole nitrogens is 1. The average molecular weight is 234 g/mol. The van der Waals surface area contributed by atoms with E-state index in [-0.39, 0.29) is 0 Å². The Morgan fingerprint density at radius 1 is 1.41 bits per heavy atom. The van der Waals surface area contributed by atoms with E-state index in [0.717, 1.165) is 25.2 Å². The maximum atomic E-state index is 5.82. The summed E-state index contributed by atoms with van der Waals surface area (Å²) in [7, 11) is 0. The van der Waals surface area contributed by atoms with Gasteiger partial charge in [0.05, 0.1) is 6.33 Å². The monoisotopic (exact) mass is 234 g/mol. The van der Waals surface area contributed by atoms with Crippen LogP contribution in [0.5, 0.6) is 0 Å². The highest BCUT2D eigenvalue weighted by atomic mass is 15.0. The fourth-order valence-electron chi connectivity index (χ4n) is 1.65. The fraction of sp³-hybridized carbons (Fsp3) is 0.545. The molecule has 17 heavy (non-hydrogen) atoms. The number of aryl methyl sites for hydroxylation is 1. The zero-order chi connectivity index (χ0) is 12.3. The molecule has 2 rings (SSSR count). The van der Waals surface area contributed by atoms with Gasteiger partial charge in [0.2, 0.25) is 0 Å². The number of nitrogen functional groups attached to an aromatic ring is 1. The molecule has 6 heteroatoms. The van der Waals surface area contributed by atoms with Gasteiger partial charge in [0.1, 0.15) is 11.3 Å². The lowest BCUT2D eigenvalue weighted by molar-refractivity contribution is 0.566. The highest BCUT2D eigenvalue weighted by molar-refractivity contribution is 5.80. The third kappa shape index (κ3) is 2.91. The smallest absolute Gasteiger partial charge is 0.183 e. The Bertz CT molecular complexity index is 490. The van der Waals surface area contributed by atoms with Crippen LogP contribution < -0.4 is 11.1 Å². The number of aromatic amines is 1. The summed E-state index contributed by atoms with van der Waals surface area (Å²) in [6.07, 6.45) is 3.39. The summed E-state index contributed by atoms with van der Waals surface area (Å²) in [5, 5.41) is 3.35. The van der Waals surface area contributed by atoms with Crippen molar-refractivity contribution in [3.63, 3.8) is 0 Å². The summed E-state index contributed by atoms with van der Waals surface area (Å²) in [5.74, 6) is 1.23. The van der Waals surface area contributed by atoms with Crippen molar-refractivity contribution in [2.45, 2.75) is 32.7 Å². The van der Waals surface area contributed by atoms with Crippen LogP contribution in [0.3, 0.4) is 0 Å². The summed E-state index contributed by atoms with van der Waals surface area (Å²) in [6.45, 7) is 5.22. The third-order valence-electron chi connectivity index (χ3n) is 2.49. The number of nitrogens with one attached hydrogen (secondary N) is 2. The van der Waals surface area contributed by atoms with Gasteiger partial charge in [-0.05, 0) is 13.0 Å². The summed E-state index contributed by atoms with van der Waals surface area (Å²) in [4.78, 5) is 15.6. The molecule has 0 radical (unpaired) electrons. The fourth-order valence-corrected chi connectivity index (χ4v) is 1.65. The molecule has 4 N–H and O–H groups in total. The van der Waals surface area contributed by atoms with E-state index in [1.807, 2.05) is 0 Å². The Hall–Kier alpha value is -1.69. The van der Waals surface area contributed by atoms with Crippen LogP contribution in [0.4, 0.5) is 5.82 Å². The minimum absolute atomic E-state index is 0.472. The topological polar surface area (TPSA) is 92.5 Å². The maximum Gasteiger partial charge on any atom is 0.183 e. The van der Waals surface area contributed by atoms with Crippen LogP contribution in [0.15, 0.2) is 6.33 Å². The molecule has 0 aromatic carbocycles. The van der Waals surface area contributed by atoms with Crippen LogP contribution in [-0.4, -0.2) is 32.5 Å². The van der Waals surface area contributed by atoms with E-state index in [2.05, 4.69) is 39.1 Å². The number of nitrogens with two attached hydrogens (primary N) is 1. The second kappa shape index (κ2) is 5.09. The van der Waals surface area contributed by atoms with Crippen molar-refractivity contribution in [3.8, 4) is 0 Å². The average Bonchev–Trinajstić information content (AvgIpc) is 2.72. The van der Waals surface area contributed by atoms with Crippen LogP contribution in [0, 0.1) is 0 Å². The summed E-state index contributed by atoms with van der Waals surface area (Å²) in [5.41, 5.74) is 7.18. The summed E-state index contributed by atoms with van der Waals surface area (Å²) in [6, 6.07) is 0.509. The molecule has 0 bridgehead atoms. The van der Waals surface area contributed by atoms with Gasteiger partial charge in [0.25, 0.3) is 0 Å². The molecule has 6 nitrogen and oxygen atoms in total. The van der Waals surface area contributed by atoms with Crippen molar-refractivity contribution in [2.75, 3.05) is 12.3 Å². The number of fused-ring (bicyclic) bond motifs is 1. The van der Waals surface area contributed by atoms with Crippen LogP contribution in [0.1, 0.15) is 26.1 Å². The molecular weight excluding hydrogens is 216 g/mol. The number of anilines is 1. The zero-order valence-electron chi connectivity index (χ0n) is 10.2. The second-order valence-corrected chi connectivity index (χ2v) is 4.34. The third-order valence-corrected chi connectivity index (χ3v) is 2.49. The molecule has 0 atom stereocenters. The van der Waals surface area contributed by atoms with Gasteiger partial charge in [0.15, 0.2) is 11.5 Å². The molecule has 0 amide bonds. The van der Waals surface area contributed by atoms with Gasteiger partial charge in [-0.3, -0.25) is 0 Å². The van der Waals surface area contributed by atoms with E-state index in [1.54, 1.807) is 6.33 Å². The highest BCUT2D eigenvalue weighted by Crippen LogP contribution is 2.13. The minimum atomic E-state index is 0.472. The standard InChI is InChI=1S/C11H18N6/c1-7(2)13-5-3-4-8-16-10(12)9-11(17-8)15-6-14-9/h6-7,13H,3-5H2,1-2H3,(H3,12,14,15,16,17). The Balaban J connectivity index is 1.99. The van der Waals surface area contributed by atoms with E-state index < -0.39 is 0 Å². The lowest BCUT2D eigenvalue weighted by Gasteiger charge is -2.07. The van der Waals surface area contributed by atoms with Gasteiger partial charge in [-0.2, -0.15) is 0 Å². The molecule has 2 aromatic rings. The van der Waals surface area contributed by atoms with Gasteiger partial charge in [-0.15, -0.1) is 0 Å². The molecule has 0 fully saturated rings. The lowest BCUT2D eigenvalue weighted by atomic mass is 10.2. The first kappa shape index (κ1) is 11.8. The molecule has 0 saturated heterocycles. The van der Waals surface area contributed by atoms with Gasteiger partial charge in [-0.25, -0.2) is 15.0 Å². The van der Waals surface area contributed by atoms with Crippen molar-refractivity contribution in [3.05, 3.63) is 12.2 Å². The SMILES string of the molecule is CC(C)NCCCc1nc(N)c2[nH]cnc2n1. The maximum absolute atomic E-state index is 5.82. The second-order valence-electron chi connectivity index (χ2n) is 4.34. The largest absolute Gasteiger partial charge is 0.382 e. The molecule has 0 aliphatic carbocycles. The first-order valence-corrected chi connectivity index (χ1v) is 5.85. The zero-order valence-corrected chi connectivity index (χ0v) is 10.2. The number of hydrogen-bond acceptors (Lipinski definition) is 5. The van der Waals surface area contributed by atoms with E-state index in [9.17, 15) is 0 Å². The highest BCUT2D eigenvalue weighted by Gasteiger charge is 2.06. The quantitative estimate of drug-likeness (QED) is 0.667. The normalized spacial score (nSPS) is 11.5. The molecular formula is C11H18N6. The number of rotatable bonds is 5. The number of hydrogen-bond donors (Lipinski definition) is 3. The van der Waals surface area contributed by atoms with Crippen LogP contribution in [0.2, 0.25) is 0 Å². The first-order valence-electron chi connectivity index (χ1n) is 5.85. The van der Waals surface area contributed by atoms with Crippen LogP contribution >= 0.6 is 0 Å². The van der Waals surface area contributed by atoms with Crippen molar-refractivity contribution in [1.82, 2.24) is 25.3 Å². The summed E-state index contributed by atoms with van der Waals surface area (Å²) < 4.78 is 0. The predicted molar refractivity (Wildman–Crippen MR) is 67.6 cm³/mol. The Morgan fingerprint density at radius 2 is 2.24 bits per heavy atom.